The van der Waals surface area contributed by atoms with E-state index in [9.17, 15) is 4.79 Å². The van der Waals surface area contributed by atoms with E-state index < -0.39 is 5.97 Å². The molecule has 14 heavy (non-hydrogen) atoms. The highest BCUT2D eigenvalue weighted by Gasteiger charge is 2.25. The molecule has 0 aromatic rings. The van der Waals surface area contributed by atoms with Gasteiger partial charge in [0, 0.05) is 12.5 Å². The largest absolute Gasteiger partial charge is 0.481 e. The number of rotatable bonds is 4. The van der Waals surface area contributed by atoms with Gasteiger partial charge in [0.1, 0.15) is 0 Å². The van der Waals surface area contributed by atoms with Crippen molar-refractivity contribution in [3.8, 4) is 0 Å². The van der Waals surface area contributed by atoms with Crippen LogP contribution in [0.5, 0.6) is 0 Å². The van der Waals surface area contributed by atoms with Crippen molar-refractivity contribution in [2.24, 2.45) is 5.92 Å². The fourth-order valence-corrected chi connectivity index (χ4v) is 1.69. The number of aliphatic carboxylic acids is 1. The standard InChI is InChI=1S/C11H16O3/c1-2-3-5-9-6-4-7-14-10(9)8-11(12)13/h2-3,5,9-10H,1,4,6-8H2,(H,12,13)/b5-3+. The maximum absolute atomic E-state index is 10.6. The fourth-order valence-electron chi connectivity index (χ4n) is 1.69. The zero-order valence-electron chi connectivity index (χ0n) is 8.19. The van der Waals surface area contributed by atoms with Crippen LogP contribution in [0.15, 0.2) is 24.8 Å². The zero-order valence-corrected chi connectivity index (χ0v) is 8.19. The Morgan fingerprint density at radius 3 is 3.07 bits per heavy atom. The summed E-state index contributed by atoms with van der Waals surface area (Å²) in [5.41, 5.74) is 0. The number of hydrogen-bond acceptors (Lipinski definition) is 2. The minimum atomic E-state index is -0.797. The first-order chi connectivity index (χ1) is 6.74. The first kappa shape index (κ1) is 11.0. The van der Waals surface area contributed by atoms with E-state index in [1.807, 2.05) is 12.2 Å². The predicted octanol–water partition coefficient (Wildman–Crippen LogP) is 2.00. The van der Waals surface area contributed by atoms with Crippen molar-refractivity contribution < 1.29 is 14.6 Å². The van der Waals surface area contributed by atoms with Gasteiger partial charge >= 0.3 is 5.97 Å². The minimum Gasteiger partial charge on any atom is -0.481 e. The monoisotopic (exact) mass is 196 g/mol. The molecule has 1 aliphatic heterocycles. The molecular formula is C11H16O3. The van der Waals surface area contributed by atoms with Gasteiger partial charge in [0.2, 0.25) is 0 Å². The molecule has 1 N–H and O–H groups in total. The van der Waals surface area contributed by atoms with Gasteiger partial charge in [0.25, 0.3) is 0 Å². The van der Waals surface area contributed by atoms with Crippen molar-refractivity contribution in [2.75, 3.05) is 6.61 Å². The smallest absolute Gasteiger partial charge is 0.306 e. The van der Waals surface area contributed by atoms with Gasteiger partial charge in [0.05, 0.1) is 12.5 Å². The average Bonchev–Trinajstić information content (AvgIpc) is 2.16. The van der Waals surface area contributed by atoms with Crippen LogP contribution in [-0.2, 0) is 9.53 Å². The molecule has 78 valence electrons. The number of carboxylic acid groups (broad SMARTS) is 1. The third-order valence-electron chi connectivity index (χ3n) is 2.36. The molecule has 1 saturated heterocycles. The van der Waals surface area contributed by atoms with Gasteiger partial charge in [-0.05, 0) is 12.8 Å². The summed E-state index contributed by atoms with van der Waals surface area (Å²) < 4.78 is 5.43. The Labute approximate surface area is 84.1 Å². The molecule has 0 aromatic carbocycles. The van der Waals surface area contributed by atoms with Gasteiger partial charge in [-0.1, -0.05) is 24.8 Å². The van der Waals surface area contributed by atoms with Crippen LogP contribution in [0.2, 0.25) is 0 Å². The minimum absolute atomic E-state index is 0.0894. The highest BCUT2D eigenvalue weighted by molar-refractivity contribution is 5.67. The molecule has 1 rings (SSSR count). The van der Waals surface area contributed by atoms with Gasteiger partial charge in [-0.25, -0.2) is 0 Å². The summed E-state index contributed by atoms with van der Waals surface area (Å²) >= 11 is 0. The Hall–Kier alpha value is -1.09. The van der Waals surface area contributed by atoms with Crippen LogP contribution in [-0.4, -0.2) is 23.8 Å². The Kier molecular flexibility index (Phi) is 4.40. The molecule has 2 unspecified atom stereocenters. The Morgan fingerprint density at radius 2 is 2.43 bits per heavy atom. The van der Waals surface area contributed by atoms with Crippen molar-refractivity contribution in [2.45, 2.75) is 25.4 Å². The van der Waals surface area contributed by atoms with Crippen LogP contribution in [0.25, 0.3) is 0 Å². The van der Waals surface area contributed by atoms with E-state index in [1.165, 1.54) is 0 Å². The van der Waals surface area contributed by atoms with E-state index in [1.54, 1.807) is 6.08 Å². The maximum atomic E-state index is 10.6. The molecule has 1 heterocycles. The second-order valence-electron chi connectivity index (χ2n) is 3.43. The number of carboxylic acids is 1. The van der Waals surface area contributed by atoms with Crippen LogP contribution in [0.4, 0.5) is 0 Å². The van der Waals surface area contributed by atoms with Crippen LogP contribution in [0.3, 0.4) is 0 Å². The molecule has 0 bridgehead atoms. The number of allylic oxidation sites excluding steroid dienone is 2. The number of hydrogen-bond donors (Lipinski definition) is 1. The lowest BCUT2D eigenvalue weighted by atomic mass is 9.92. The summed E-state index contributed by atoms with van der Waals surface area (Å²) in [5.74, 6) is -0.577. The van der Waals surface area contributed by atoms with Crippen LogP contribution in [0, 0.1) is 5.92 Å². The van der Waals surface area contributed by atoms with Crippen LogP contribution in [0.1, 0.15) is 19.3 Å². The highest BCUT2D eigenvalue weighted by atomic mass is 16.5. The highest BCUT2D eigenvalue weighted by Crippen LogP contribution is 2.24. The van der Waals surface area contributed by atoms with Crippen molar-refractivity contribution >= 4 is 5.97 Å². The molecule has 1 aliphatic rings. The third-order valence-corrected chi connectivity index (χ3v) is 2.36. The van der Waals surface area contributed by atoms with Gasteiger partial charge in [-0.15, -0.1) is 0 Å². The Bertz CT molecular complexity index is 233. The van der Waals surface area contributed by atoms with Gasteiger partial charge in [-0.3, -0.25) is 4.79 Å². The van der Waals surface area contributed by atoms with Crippen molar-refractivity contribution in [3.63, 3.8) is 0 Å². The van der Waals surface area contributed by atoms with Gasteiger partial charge < -0.3 is 9.84 Å². The fraction of sp³-hybridized carbons (Fsp3) is 0.545. The molecule has 1 fully saturated rings. The van der Waals surface area contributed by atoms with Gasteiger partial charge in [-0.2, -0.15) is 0 Å². The first-order valence-corrected chi connectivity index (χ1v) is 4.86. The maximum Gasteiger partial charge on any atom is 0.306 e. The predicted molar refractivity (Wildman–Crippen MR) is 54.1 cm³/mol. The summed E-state index contributed by atoms with van der Waals surface area (Å²) in [6.07, 6.45) is 7.47. The summed E-state index contributed by atoms with van der Waals surface area (Å²) in [4.78, 5) is 10.6. The average molecular weight is 196 g/mol. The van der Waals surface area contributed by atoms with E-state index in [4.69, 9.17) is 9.84 Å². The normalized spacial score (nSPS) is 27.7. The second kappa shape index (κ2) is 5.60. The third kappa shape index (κ3) is 3.34. The van der Waals surface area contributed by atoms with Crippen LogP contribution >= 0.6 is 0 Å². The first-order valence-electron chi connectivity index (χ1n) is 4.86. The van der Waals surface area contributed by atoms with Crippen LogP contribution < -0.4 is 0 Å². The van der Waals surface area contributed by atoms with Gasteiger partial charge in [0.15, 0.2) is 0 Å². The summed E-state index contributed by atoms with van der Waals surface area (Å²) in [6, 6.07) is 0. The number of carbonyl (C=O) groups is 1. The molecule has 0 aliphatic carbocycles. The molecule has 0 radical (unpaired) electrons. The van der Waals surface area contributed by atoms with E-state index in [0.29, 0.717) is 6.61 Å². The Balaban J connectivity index is 2.53. The van der Waals surface area contributed by atoms with E-state index in [2.05, 4.69) is 6.58 Å². The lowest BCUT2D eigenvalue weighted by Gasteiger charge is -2.28. The van der Waals surface area contributed by atoms with E-state index in [0.717, 1.165) is 12.8 Å². The topological polar surface area (TPSA) is 46.5 Å². The molecule has 3 heteroatoms. The molecular weight excluding hydrogens is 180 g/mol. The SMILES string of the molecule is C=C/C=C/C1CCCOC1CC(=O)O. The van der Waals surface area contributed by atoms with Crippen molar-refractivity contribution in [1.82, 2.24) is 0 Å². The summed E-state index contributed by atoms with van der Waals surface area (Å²) in [6.45, 7) is 4.26. The molecule has 0 amide bonds. The van der Waals surface area contributed by atoms with E-state index >= 15 is 0 Å². The van der Waals surface area contributed by atoms with E-state index in [-0.39, 0.29) is 18.4 Å². The lowest BCUT2D eigenvalue weighted by molar-refractivity contribution is -0.142. The quantitative estimate of drug-likeness (QED) is 0.699. The molecule has 3 nitrogen and oxygen atoms in total. The second-order valence-corrected chi connectivity index (χ2v) is 3.43. The molecule has 0 aromatic heterocycles. The molecule has 0 saturated carbocycles. The molecule has 0 spiro atoms. The Morgan fingerprint density at radius 1 is 1.64 bits per heavy atom. The number of ether oxygens (including phenoxy) is 1. The zero-order chi connectivity index (χ0) is 10.4. The lowest BCUT2D eigenvalue weighted by Crippen LogP contribution is -2.30. The van der Waals surface area contributed by atoms with Crippen molar-refractivity contribution in [1.29, 1.82) is 0 Å². The summed E-state index contributed by atoms with van der Waals surface area (Å²) in [7, 11) is 0. The van der Waals surface area contributed by atoms with Crippen molar-refractivity contribution in [3.05, 3.63) is 24.8 Å². The molecule has 2 atom stereocenters. The summed E-state index contributed by atoms with van der Waals surface area (Å²) in [5, 5.41) is 8.68.